The van der Waals surface area contributed by atoms with Crippen molar-refractivity contribution < 1.29 is 27.9 Å². The van der Waals surface area contributed by atoms with Crippen LogP contribution in [0.25, 0.3) is 0 Å². The van der Waals surface area contributed by atoms with Crippen LogP contribution in [0.5, 0.6) is 0 Å². The average Bonchev–Trinajstić information content (AvgIpc) is 2.37. The Kier molecular flexibility index (Phi) is 4.54. The smallest absolute Gasteiger partial charge is 0.305 e. The predicted molar refractivity (Wildman–Crippen MR) is 73.4 cm³/mol. The largest absolute Gasteiger partial charge is 0.481 e. The predicted octanol–water partition coefficient (Wildman–Crippen LogP) is -1.41. The van der Waals surface area contributed by atoms with Crippen LogP contribution >= 0.6 is 0 Å². The van der Waals surface area contributed by atoms with Gasteiger partial charge in [-0.25, -0.2) is 8.42 Å². The molecule has 3 N–H and O–H groups in total. The number of carbonyl (C=O) groups excluding carboxylic acids is 1. The topological polar surface area (TPSA) is 127 Å². The van der Waals surface area contributed by atoms with Gasteiger partial charge in [0.1, 0.15) is 0 Å². The molecule has 2 aliphatic rings. The number of ether oxygens (including phenoxy) is 1. The monoisotopic (exact) mass is 320 g/mol. The maximum atomic E-state index is 12.6. The number of hydrogen-bond acceptors (Lipinski definition) is 6. The summed E-state index contributed by atoms with van der Waals surface area (Å²) in [5.74, 6) is -1.97. The first-order valence-corrected chi connectivity index (χ1v) is 8.66. The molecule has 0 aromatic heterocycles. The molecule has 0 aromatic carbocycles. The Hall–Kier alpha value is -1.19. The molecule has 8 nitrogen and oxygen atoms in total. The van der Waals surface area contributed by atoms with E-state index in [2.05, 4.69) is 0 Å². The number of carbonyl (C=O) groups is 2. The van der Waals surface area contributed by atoms with Crippen molar-refractivity contribution >= 4 is 21.7 Å². The van der Waals surface area contributed by atoms with E-state index in [0.717, 1.165) is 0 Å². The summed E-state index contributed by atoms with van der Waals surface area (Å²) in [6.45, 7) is 0.745. The lowest BCUT2D eigenvalue weighted by Crippen LogP contribution is -2.63. The van der Waals surface area contributed by atoms with Gasteiger partial charge in [-0.15, -0.1) is 0 Å². The lowest BCUT2D eigenvalue weighted by molar-refractivity contribution is -0.145. The van der Waals surface area contributed by atoms with Gasteiger partial charge in [-0.05, 0) is 12.8 Å². The van der Waals surface area contributed by atoms with Gasteiger partial charge in [0, 0.05) is 19.8 Å². The number of sulfone groups is 1. The zero-order valence-electron chi connectivity index (χ0n) is 11.7. The third-order valence-electron chi connectivity index (χ3n) is 4.01. The van der Waals surface area contributed by atoms with Crippen molar-refractivity contribution in [2.75, 3.05) is 31.3 Å². The molecule has 2 heterocycles. The molecule has 120 valence electrons. The van der Waals surface area contributed by atoms with Crippen LogP contribution < -0.4 is 5.73 Å². The highest BCUT2D eigenvalue weighted by Crippen LogP contribution is 2.24. The van der Waals surface area contributed by atoms with Crippen molar-refractivity contribution in [3.63, 3.8) is 0 Å². The van der Waals surface area contributed by atoms with Crippen molar-refractivity contribution in [1.29, 1.82) is 0 Å². The fourth-order valence-corrected chi connectivity index (χ4v) is 4.29. The van der Waals surface area contributed by atoms with E-state index in [0.29, 0.717) is 26.1 Å². The third-order valence-corrected chi connectivity index (χ3v) is 5.71. The van der Waals surface area contributed by atoms with Crippen LogP contribution in [0.2, 0.25) is 0 Å². The molecule has 2 aliphatic heterocycles. The normalized spacial score (nSPS) is 28.0. The minimum absolute atomic E-state index is 0.00107. The van der Waals surface area contributed by atoms with Gasteiger partial charge in [0.05, 0.1) is 29.5 Å². The summed E-state index contributed by atoms with van der Waals surface area (Å²) in [4.78, 5) is 24.9. The molecule has 2 fully saturated rings. The van der Waals surface area contributed by atoms with E-state index in [1.165, 1.54) is 4.90 Å². The fraction of sp³-hybridized carbons (Fsp3) is 0.833. The van der Waals surface area contributed by atoms with Crippen LogP contribution in [0.1, 0.15) is 19.3 Å². The molecule has 1 amide bonds. The minimum atomic E-state index is -3.32. The minimum Gasteiger partial charge on any atom is -0.481 e. The molecule has 1 atom stereocenters. The molecule has 9 heteroatoms. The summed E-state index contributed by atoms with van der Waals surface area (Å²) in [5.41, 5.74) is 5.04. The van der Waals surface area contributed by atoms with E-state index in [4.69, 9.17) is 15.6 Å². The second kappa shape index (κ2) is 5.90. The van der Waals surface area contributed by atoms with Crippen molar-refractivity contribution in [2.45, 2.75) is 30.8 Å². The van der Waals surface area contributed by atoms with Crippen molar-refractivity contribution in [3.8, 4) is 0 Å². The van der Waals surface area contributed by atoms with E-state index in [9.17, 15) is 18.0 Å². The first-order valence-electron chi connectivity index (χ1n) is 6.83. The van der Waals surface area contributed by atoms with Gasteiger partial charge in [-0.3, -0.25) is 9.59 Å². The van der Waals surface area contributed by atoms with E-state index in [1.807, 2.05) is 0 Å². The average molecular weight is 320 g/mol. The summed E-state index contributed by atoms with van der Waals surface area (Å²) in [7, 11) is -3.32. The summed E-state index contributed by atoms with van der Waals surface area (Å²) in [5, 5.41) is 8.93. The molecule has 0 saturated carbocycles. The second-order valence-corrected chi connectivity index (χ2v) is 7.86. The molecule has 0 aliphatic carbocycles. The maximum absolute atomic E-state index is 12.6. The molecule has 21 heavy (non-hydrogen) atoms. The summed E-state index contributed by atoms with van der Waals surface area (Å²) < 4.78 is 28.6. The van der Waals surface area contributed by atoms with E-state index >= 15 is 0 Å². The first kappa shape index (κ1) is 16.2. The number of nitrogens with zero attached hydrogens (tertiary/aromatic N) is 1. The molecule has 0 spiro atoms. The Bertz CT molecular complexity index is 526. The summed E-state index contributed by atoms with van der Waals surface area (Å²) in [6, 6.07) is -0.850. The van der Waals surface area contributed by atoms with Gasteiger partial charge in [0.15, 0.2) is 9.84 Å². The van der Waals surface area contributed by atoms with Crippen LogP contribution in [0.15, 0.2) is 0 Å². The second-order valence-electron chi connectivity index (χ2n) is 5.63. The molecular weight excluding hydrogens is 300 g/mol. The number of aliphatic carboxylic acids is 1. The van der Waals surface area contributed by atoms with Gasteiger partial charge < -0.3 is 20.5 Å². The lowest BCUT2D eigenvalue weighted by atomic mass is 9.89. The number of carboxylic acid groups (broad SMARTS) is 1. The Morgan fingerprint density at radius 3 is 2.52 bits per heavy atom. The molecule has 1 unspecified atom stereocenters. The molecule has 0 radical (unpaired) electrons. The highest BCUT2D eigenvalue weighted by Gasteiger charge is 2.44. The number of amides is 1. The van der Waals surface area contributed by atoms with Crippen LogP contribution in [0.4, 0.5) is 0 Å². The highest BCUT2D eigenvalue weighted by atomic mass is 32.2. The number of nitrogens with two attached hydrogens (primary N) is 1. The van der Waals surface area contributed by atoms with Gasteiger partial charge >= 0.3 is 5.97 Å². The molecule has 2 saturated heterocycles. The Labute approximate surface area is 123 Å². The summed E-state index contributed by atoms with van der Waals surface area (Å²) >= 11 is 0. The zero-order valence-corrected chi connectivity index (χ0v) is 12.5. The number of hydrogen-bond donors (Lipinski definition) is 2. The van der Waals surface area contributed by atoms with Crippen LogP contribution in [-0.2, 0) is 24.2 Å². The van der Waals surface area contributed by atoms with Crippen molar-refractivity contribution in [3.05, 3.63) is 0 Å². The highest BCUT2D eigenvalue weighted by molar-refractivity contribution is 7.91. The number of rotatable bonds is 3. The Morgan fingerprint density at radius 1 is 1.33 bits per heavy atom. The lowest BCUT2D eigenvalue weighted by Gasteiger charge is -2.41. The molecule has 2 rings (SSSR count). The molecule has 0 aromatic rings. The van der Waals surface area contributed by atoms with Crippen LogP contribution in [0, 0.1) is 0 Å². The van der Waals surface area contributed by atoms with E-state index in [1.54, 1.807) is 0 Å². The Morgan fingerprint density at radius 2 is 1.95 bits per heavy atom. The number of carboxylic acids is 1. The van der Waals surface area contributed by atoms with Gasteiger partial charge in [-0.2, -0.15) is 0 Å². The van der Waals surface area contributed by atoms with Crippen LogP contribution in [-0.4, -0.2) is 73.1 Å². The van der Waals surface area contributed by atoms with Crippen molar-refractivity contribution in [1.82, 2.24) is 4.90 Å². The van der Waals surface area contributed by atoms with E-state index < -0.39 is 33.8 Å². The summed E-state index contributed by atoms with van der Waals surface area (Å²) in [6.07, 6.45) is 0.321. The first-order chi connectivity index (χ1) is 9.73. The fourth-order valence-electron chi connectivity index (χ4n) is 2.76. The third kappa shape index (κ3) is 3.72. The van der Waals surface area contributed by atoms with Gasteiger partial charge in [-0.1, -0.05) is 0 Å². The molecular formula is C12H20N2O6S. The van der Waals surface area contributed by atoms with E-state index in [-0.39, 0.29) is 24.0 Å². The maximum Gasteiger partial charge on any atom is 0.305 e. The standard InChI is InChI=1S/C12H20N2O6S/c13-12(1-4-20-5-2-12)11(17)14-3-6-21(18,19)8-9(14)7-10(15)16/h9H,1-8,13H2,(H,15,16). The molecule has 0 bridgehead atoms. The SMILES string of the molecule is NC1(C(=O)N2CCS(=O)(=O)CC2CC(=O)O)CCOCC1. The Balaban J connectivity index is 2.18. The quantitative estimate of drug-likeness (QED) is 0.654. The van der Waals surface area contributed by atoms with Crippen molar-refractivity contribution in [2.24, 2.45) is 5.73 Å². The van der Waals surface area contributed by atoms with Gasteiger partial charge in [0.25, 0.3) is 0 Å². The zero-order chi connectivity index (χ0) is 15.7. The van der Waals surface area contributed by atoms with Crippen LogP contribution in [0.3, 0.4) is 0 Å². The van der Waals surface area contributed by atoms with Gasteiger partial charge in [0.2, 0.25) is 5.91 Å².